The first-order valence-corrected chi connectivity index (χ1v) is 9.94. The second kappa shape index (κ2) is 9.79. The molecule has 1 aromatic rings. The summed E-state index contributed by atoms with van der Waals surface area (Å²) >= 11 is 0. The van der Waals surface area contributed by atoms with Gasteiger partial charge in [-0.15, -0.1) is 0 Å². The van der Waals surface area contributed by atoms with Gasteiger partial charge < -0.3 is 14.7 Å². The van der Waals surface area contributed by atoms with Crippen molar-refractivity contribution in [2.75, 3.05) is 24.6 Å². The van der Waals surface area contributed by atoms with E-state index in [1.807, 2.05) is 4.90 Å². The Morgan fingerprint density at radius 1 is 1.14 bits per heavy atom. The van der Waals surface area contributed by atoms with Gasteiger partial charge in [0.05, 0.1) is 12.2 Å². The average Bonchev–Trinajstić information content (AvgIpc) is 2.74. The molecule has 0 radical (unpaired) electrons. The molecule has 2 fully saturated rings. The maximum atomic E-state index is 11.6. The van der Waals surface area contributed by atoms with E-state index in [4.69, 9.17) is 9.94 Å². The minimum atomic E-state index is -0.843. The molecule has 2 heterocycles. The van der Waals surface area contributed by atoms with Crippen LogP contribution in [0.15, 0.2) is 12.4 Å². The van der Waals surface area contributed by atoms with Crippen LogP contribution in [0.5, 0.6) is 0 Å². The highest BCUT2D eigenvalue weighted by Gasteiger charge is 2.31. The van der Waals surface area contributed by atoms with Crippen LogP contribution < -0.4 is 10.4 Å². The van der Waals surface area contributed by atoms with Gasteiger partial charge in [-0.05, 0) is 37.5 Å². The number of amides is 1. The third-order valence-corrected chi connectivity index (χ3v) is 5.73. The van der Waals surface area contributed by atoms with Crippen LogP contribution in [0.4, 0.5) is 5.95 Å². The molecule has 1 amide bonds. The van der Waals surface area contributed by atoms with E-state index in [1.54, 1.807) is 5.48 Å². The van der Waals surface area contributed by atoms with E-state index in [2.05, 4.69) is 9.97 Å². The minimum Gasteiger partial charge on any atom is -0.479 e. The lowest BCUT2D eigenvalue weighted by molar-refractivity contribution is -0.156. The molecule has 0 spiro atoms. The second-order valence-electron chi connectivity index (χ2n) is 7.63. The van der Waals surface area contributed by atoms with Gasteiger partial charge in [0, 0.05) is 25.5 Å². The number of carbonyl (C=O) groups is 2. The molecule has 1 saturated heterocycles. The summed E-state index contributed by atoms with van der Waals surface area (Å²) in [7, 11) is 0. The molecule has 28 heavy (non-hydrogen) atoms. The van der Waals surface area contributed by atoms with Gasteiger partial charge in [-0.2, -0.15) is 0 Å². The van der Waals surface area contributed by atoms with E-state index in [0.717, 1.165) is 51.6 Å². The fourth-order valence-corrected chi connectivity index (χ4v) is 4.05. The molecule has 0 unspecified atom stereocenters. The second-order valence-corrected chi connectivity index (χ2v) is 7.63. The first-order chi connectivity index (χ1) is 13.6. The van der Waals surface area contributed by atoms with Crippen LogP contribution in [0, 0.1) is 11.8 Å². The van der Waals surface area contributed by atoms with Crippen molar-refractivity contribution in [3.05, 3.63) is 18.0 Å². The summed E-state index contributed by atoms with van der Waals surface area (Å²) in [5, 5.41) is 18.2. The largest absolute Gasteiger partial charge is 0.479 e. The van der Waals surface area contributed by atoms with Crippen molar-refractivity contribution in [3.63, 3.8) is 0 Å². The summed E-state index contributed by atoms with van der Waals surface area (Å²) in [5.41, 5.74) is 1.74. The van der Waals surface area contributed by atoms with E-state index < -0.39 is 18.0 Å². The number of hydrogen-bond donors (Lipinski definition) is 3. The minimum absolute atomic E-state index is 0.134. The maximum absolute atomic E-state index is 11.6. The van der Waals surface area contributed by atoms with Gasteiger partial charge in [0.2, 0.25) is 5.95 Å². The predicted molar refractivity (Wildman–Crippen MR) is 100 cm³/mol. The number of rotatable bonds is 7. The number of nitrogens with zero attached hydrogens (tertiary/aromatic N) is 3. The molecule has 1 aliphatic heterocycles. The zero-order valence-corrected chi connectivity index (χ0v) is 15.9. The highest BCUT2D eigenvalue weighted by molar-refractivity contribution is 5.92. The van der Waals surface area contributed by atoms with E-state index in [9.17, 15) is 14.7 Å². The molecule has 3 rings (SSSR count). The quantitative estimate of drug-likeness (QED) is 0.474. The zero-order valence-electron chi connectivity index (χ0n) is 15.9. The van der Waals surface area contributed by atoms with Gasteiger partial charge in [-0.3, -0.25) is 10.0 Å². The van der Waals surface area contributed by atoms with Gasteiger partial charge in [0.15, 0.2) is 6.10 Å². The first-order valence-electron chi connectivity index (χ1n) is 9.94. The smallest absolute Gasteiger partial charge is 0.333 e. The highest BCUT2D eigenvalue weighted by Crippen LogP contribution is 2.29. The Bertz CT molecular complexity index is 655. The van der Waals surface area contributed by atoms with E-state index >= 15 is 0 Å². The monoisotopic (exact) mass is 392 g/mol. The van der Waals surface area contributed by atoms with Gasteiger partial charge in [-0.1, -0.05) is 19.3 Å². The van der Waals surface area contributed by atoms with Gasteiger partial charge in [0.1, 0.15) is 0 Å². The van der Waals surface area contributed by atoms with Crippen LogP contribution in [-0.2, 0) is 9.53 Å². The van der Waals surface area contributed by atoms with Crippen LogP contribution in [0.1, 0.15) is 55.3 Å². The number of anilines is 1. The van der Waals surface area contributed by atoms with Crippen LogP contribution >= 0.6 is 0 Å². The molecule has 1 atom stereocenters. The highest BCUT2D eigenvalue weighted by atomic mass is 16.5. The molecule has 3 N–H and O–H groups in total. The molecule has 1 aromatic heterocycles. The fourth-order valence-electron chi connectivity index (χ4n) is 4.05. The summed E-state index contributed by atoms with van der Waals surface area (Å²) in [6, 6.07) is 0. The molecule has 1 aliphatic carbocycles. The Labute approximate surface area is 164 Å². The number of hydrogen-bond acceptors (Lipinski definition) is 7. The number of carboxylic acids is 1. The molecule has 1 saturated carbocycles. The van der Waals surface area contributed by atoms with Crippen molar-refractivity contribution in [3.8, 4) is 0 Å². The SMILES string of the molecule is O=C(NO)c1cnc(N2CCC(CO[C@H](C(=O)O)C3CCCCC3)CC2)nc1. The number of ether oxygens (including phenoxy) is 1. The molecule has 154 valence electrons. The lowest BCUT2D eigenvalue weighted by Crippen LogP contribution is -2.39. The standard InChI is InChI=1S/C19H28N4O5/c24-17(22-27)15-10-20-19(21-11-15)23-8-6-13(7-9-23)12-28-16(18(25)26)14-4-2-1-3-5-14/h10-11,13-14,16,27H,1-9,12H2,(H,22,24)(H,25,26)/t16-/m0/s1. The van der Waals surface area contributed by atoms with Crippen LogP contribution in [0.25, 0.3) is 0 Å². The number of aliphatic carboxylic acids is 1. The molecule has 2 aliphatic rings. The third kappa shape index (κ3) is 5.17. The van der Waals surface area contributed by atoms with Crippen LogP contribution in [0.2, 0.25) is 0 Å². The molecule has 0 aromatic carbocycles. The summed E-state index contributed by atoms with van der Waals surface area (Å²) in [5.74, 6) is -0.493. The van der Waals surface area contributed by atoms with Crippen molar-refractivity contribution in [1.82, 2.24) is 15.4 Å². The van der Waals surface area contributed by atoms with E-state index in [1.165, 1.54) is 18.8 Å². The molecule has 9 nitrogen and oxygen atoms in total. The van der Waals surface area contributed by atoms with Crippen LogP contribution in [0.3, 0.4) is 0 Å². The molecular weight excluding hydrogens is 364 g/mol. The Balaban J connectivity index is 1.47. The zero-order chi connectivity index (χ0) is 19.9. The number of carboxylic acid groups (broad SMARTS) is 1. The van der Waals surface area contributed by atoms with Gasteiger partial charge in [-0.25, -0.2) is 20.2 Å². The van der Waals surface area contributed by atoms with Crippen molar-refractivity contribution in [2.24, 2.45) is 11.8 Å². The Morgan fingerprint density at radius 2 is 1.79 bits per heavy atom. The average molecular weight is 392 g/mol. The van der Waals surface area contributed by atoms with Crippen molar-refractivity contribution in [2.45, 2.75) is 51.0 Å². The van der Waals surface area contributed by atoms with Gasteiger partial charge >= 0.3 is 5.97 Å². The maximum Gasteiger partial charge on any atom is 0.333 e. The Morgan fingerprint density at radius 3 is 2.36 bits per heavy atom. The summed E-state index contributed by atoms with van der Waals surface area (Å²) in [4.78, 5) is 33.3. The summed E-state index contributed by atoms with van der Waals surface area (Å²) in [6.45, 7) is 1.97. The lowest BCUT2D eigenvalue weighted by Gasteiger charge is -2.33. The molecular formula is C19H28N4O5. The number of aromatic nitrogens is 2. The number of carbonyl (C=O) groups excluding carboxylic acids is 1. The van der Waals surface area contributed by atoms with Crippen molar-refractivity contribution in [1.29, 1.82) is 0 Å². The third-order valence-electron chi connectivity index (χ3n) is 5.73. The number of hydroxylamine groups is 1. The van der Waals surface area contributed by atoms with Gasteiger partial charge in [0.25, 0.3) is 5.91 Å². The topological polar surface area (TPSA) is 125 Å². The van der Waals surface area contributed by atoms with Crippen molar-refractivity contribution < 1.29 is 24.6 Å². The molecule has 0 bridgehead atoms. The van der Waals surface area contributed by atoms with E-state index in [0.29, 0.717) is 18.5 Å². The summed E-state index contributed by atoms with van der Waals surface area (Å²) in [6.07, 6.45) is 9.08. The Hall–Kier alpha value is -2.26. The van der Waals surface area contributed by atoms with Crippen LogP contribution in [-0.4, -0.2) is 58.0 Å². The fraction of sp³-hybridized carbons (Fsp3) is 0.684. The number of piperidine rings is 1. The first kappa shape index (κ1) is 20.5. The molecule has 9 heteroatoms. The van der Waals surface area contributed by atoms with Crippen molar-refractivity contribution >= 4 is 17.8 Å². The van der Waals surface area contributed by atoms with E-state index in [-0.39, 0.29) is 11.5 Å². The Kier molecular flexibility index (Phi) is 7.16. The predicted octanol–water partition coefficient (Wildman–Crippen LogP) is 1.86. The summed E-state index contributed by atoms with van der Waals surface area (Å²) < 4.78 is 5.86. The number of nitrogens with one attached hydrogen (secondary N) is 1. The lowest BCUT2D eigenvalue weighted by atomic mass is 9.85. The normalized spacial score (nSPS) is 20.0.